The Balaban J connectivity index is 2.35. The number of ether oxygens (including phenoxy) is 1. The van der Waals surface area contributed by atoms with Crippen LogP contribution in [0, 0.1) is 27.2 Å². The number of hydrogen-bond acceptors (Lipinski definition) is 6. The third kappa shape index (κ3) is 4.25. The molecule has 8 nitrogen and oxygen atoms in total. The first-order valence-electron chi connectivity index (χ1n) is 7.12. The van der Waals surface area contributed by atoms with Gasteiger partial charge < -0.3 is 4.74 Å². The molecule has 0 atom stereocenters. The summed E-state index contributed by atoms with van der Waals surface area (Å²) in [5.41, 5.74) is 0.470. The van der Waals surface area contributed by atoms with E-state index in [1.54, 1.807) is 18.2 Å². The van der Waals surface area contributed by atoms with E-state index in [9.17, 15) is 25.0 Å². The molecule has 25 heavy (non-hydrogen) atoms. The first kappa shape index (κ1) is 17.8. The highest BCUT2D eigenvalue weighted by Crippen LogP contribution is 2.26. The lowest BCUT2D eigenvalue weighted by Gasteiger charge is -2.04. The molecule has 0 amide bonds. The Morgan fingerprint density at radius 3 is 2.40 bits per heavy atom. The van der Waals surface area contributed by atoms with Crippen molar-refractivity contribution in [3.8, 4) is 5.75 Å². The minimum atomic E-state index is -0.729. The average molecular weight is 342 g/mol. The van der Waals surface area contributed by atoms with E-state index >= 15 is 0 Å². The largest absolute Gasteiger partial charge is 0.497 e. The van der Waals surface area contributed by atoms with Gasteiger partial charge in [0.25, 0.3) is 11.4 Å². The minimum Gasteiger partial charge on any atom is -0.497 e. The Labute approximate surface area is 142 Å². The van der Waals surface area contributed by atoms with Crippen molar-refractivity contribution in [2.24, 2.45) is 0 Å². The lowest BCUT2D eigenvalue weighted by atomic mass is 10.1. The highest BCUT2D eigenvalue weighted by Gasteiger charge is 2.18. The number of nitrogens with zero attached hydrogens (tertiary/aromatic N) is 2. The fourth-order valence-electron chi connectivity index (χ4n) is 2.21. The number of rotatable bonds is 6. The number of hydrogen-bond donors (Lipinski definition) is 0. The molecular weight excluding hydrogens is 328 g/mol. The van der Waals surface area contributed by atoms with Crippen molar-refractivity contribution in [1.82, 2.24) is 0 Å². The predicted octanol–water partition coefficient (Wildman–Crippen LogP) is 3.72. The summed E-state index contributed by atoms with van der Waals surface area (Å²) >= 11 is 0. The van der Waals surface area contributed by atoms with Gasteiger partial charge in [0.05, 0.1) is 28.6 Å². The van der Waals surface area contributed by atoms with E-state index in [0.29, 0.717) is 11.3 Å². The van der Waals surface area contributed by atoms with Crippen molar-refractivity contribution in [2.75, 3.05) is 7.11 Å². The molecule has 0 bridgehead atoms. The van der Waals surface area contributed by atoms with Gasteiger partial charge >= 0.3 is 0 Å². The average Bonchev–Trinajstić information content (AvgIpc) is 2.58. The van der Waals surface area contributed by atoms with E-state index in [4.69, 9.17) is 4.74 Å². The van der Waals surface area contributed by atoms with E-state index in [1.807, 2.05) is 6.92 Å². The molecule has 0 radical (unpaired) electrons. The predicted molar refractivity (Wildman–Crippen MR) is 90.8 cm³/mol. The van der Waals surface area contributed by atoms with E-state index in [0.717, 1.165) is 17.7 Å². The van der Waals surface area contributed by atoms with Crippen molar-refractivity contribution in [1.29, 1.82) is 0 Å². The third-order valence-electron chi connectivity index (χ3n) is 3.41. The molecule has 2 rings (SSSR count). The van der Waals surface area contributed by atoms with Gasteiger partial charge in [-0.3, -0.25) is 25.0 Å². The van der Waals surface area contributed by atoms with Crippen LogP contribution in [0.4, 0.5) is 11.4 Å². The zero-order chi connectivity index (χ0) is 18.6. The third-order valence-corrected chi connectivity index (χ3v) is 3.41. The lowest BCUT2D eigenvalue weighted by molar-refractivity contribution is -0.394. The first-order chi connectivity index (χ1) is 11.8. The fraction of sp³-hybridized carbons (Fsp3) is 0.118. The minimum absolute atomic E-state index is 0.101. The van der Waals surface area contributed by atoms with Crippen LogP contribution in [0.3, 0.4) is 0 Å². The van der Waals surface area contributed by atoms with Gasteiger partial charge in [-0.1, -0.05) is 0 Å². The molecule has 0 aliphatic rings. The van der Waals surface area contributed by atoms with Gasteiger partial charge in [-0.15, -0.1) is 0 Å². The van der Waals surface area contributed by atoms with E-state index in [-0.39, 0.29) is 11.3 Å². The second-order valence-corrected chi connectivity index (χ2v) is 5.19. The summed E-state index contributed by atoms with van der Waals surface area (Å²) in [4.78, 5) is 32.6. The van der Waals surface area contributed by atoms with Crippen LogP contribution in [0.25, 0.3) is 6.08 Å². The molecule has 0 N–H and O–H groups in total. The Kier molecular flexibility index (Phi) is 5.23. The van der Waals surface area contributed by atoms with Crippen molar-refractivity contribution < 1.29 is 19.4 Å². The number of aryl methyl sites for hydroxylation is 1. The van der Waals surface area contributed by atoms with Crippen LogP contribution >= 0.6 is 0 Å². The standard InChI is InChI=1S/C17H14N2O6/c1-11-7-13(9-15(8-11)25-2)17(20)6-4-12-3-5-14(18(21)22)10-16(12)19(23)24/h3-10H,1-2H3/b6-4+. The van der Waals surface area contributed by atoms with E-state index < -0.39 is 21.2 Å². The second kappa shape index (κ2) is 7.35. The van der Waals surface area contributed by atoms with Crippen molar-refractivity contribution in [3.05, 3.63) is 79.4 Å². The number of non-ortho nitro benzene ring substituents is 1. The highest BCUT2D eigenvalue weighted by molar-refractivity contribution is 6.07. The topological polar surface area (TPSA) is 113 Å². The van der Waals surface area contributed by atoms with E-state index in [1.165, 1.54) is 25.3 Å². The number of benzene rings is 2. The van der Waals surface area contributed by atoms with Crippen LogP contribution in [0.15, 0.2) is 42.5 Å². The maximum absolute atomic E-state index is 12.3. The summed E-state index contributed by atoms with van der Waals surface area (Å²) in [5, 5.41) is 21.8. The number of ketones is 1. The molecule has 2 aromatic carbocycles. The summed E-state index contributed by atoms with van der Waals surface area (Å²) in [7, 11) is 1.49. The normalized spacial score (nSPS) is 10.6. The molecule has 0 fully saturated rings. The van der Waals surface area contributed by atoms with Gasteiger partial charge in [0.2, 0.25) is 0 Å². The SMILES string of the molecule is COc1cc(C)cc(C(=O)/C=C/c2ccc([N+](=O)[O-])cc2[N+](=O)[O-])c1. The number of carbonyl (C=O) groups excluding carboxylic acids is 1. The van der Waals surface area contributed by atoms with Crippen LogP contribution in [0.2, 0.25) is 0 Å². The van der Waals surface area contributed by atoms with Gasteiger partial charge in [0, 0.05) is 11.6 Å². The highest BCUT2D eigenvalue weighted by atomic mass is 16.6. The zero-order valence-corrected chi connectivity index (χ0v) is 13.5. The van der Waals surface area contributed by atoms with Crippen LogP contribution in [0.1, 0.15) is 21.5 Å². The quantitative estimate of drug-likeness (QED) is 0.342. The van der Waals surface area contributed by atoms with Crippen LogP contribution in [-0.2, 0) is 0 Å². The molecule has 0 unspecified atom stereocenters. The zero-order valence-electron chi connectivity index (χ0n) is 13.5. The molecule has 8 heteroatoms. The Morgan fingerprint density at radius 2 is 1.80 bits per heavy atom. The van der Waals surface area contributed by atoms with Gasteiger partial charge in [0.1, 0.15) is 5.75 Å². The first-order valence-corrected chi connectivity index (χ1v) is 7.12. The van der Waals surface area contributed by atoms with Gasteiger partial charge in [-0.2, -0.15) is 0 Å². The smallest absolute Gasteiger partial charge is 0.283 e. The molecule has 0 saturated heterocycles. The van der Waals surface area contributed by atoms with Crippen LogP contribution in [0.5, 0.6) is 5.75 Å². The fourth-order valence-corrected chi connectivity index (χ4v) is 2.21. The lowest BCUT2D eigenvalue weighted by Crippen LogP contribution is -1.98. The van der Waals surface area contributed by atoms with Crippen LogP contribution < -0.4 is 4.74 Å². The molecule has 0 heterocycles. The van der Waals surface area contributed by atoms with Gasteiger partial charge in [-0.05, 0) is 48.9 Å². The second-order valence-electron chi connectivity index (χ2n) is 5.19. The van der Waals surface area contributed by atoms with Gasteiger partial charge in [0.15, 0.2) is 5.78 Å². The maximum Gasteiger partial charge on any atom is 0.283 e. The summed E-state index contributed by atoms with van der Waals surface area (Å²) in [6.45, 7) is 1.81. The molecule has 0 spiro atoms. The summed E-state index contributed by atoms with van der Waals surface area (Å²) in [6, 6.07) is 8.23. The van der Waals surface area contributed by atoms with Crippen molar-refractivity contribution in [3.63, 3.8) is 0 Å². The number of carbonyl (C=O) groups is 1. The summed E-state index contributed by atoms with van der Waals surface area (Å²) in [6.07, 6.45) is 2.45. The molecule has 128 valence electrons. The maximum atomic E-state index is 12.3. The van der Waals surface area contributed by atoms with Crippen molar-refractivity contribution >= 4 is 23.2 Å². The Bertz CT molecular complexity index is 889. The molecule has 2 aromatic rings. The summed E-state index contributed by atoms with van der Waals surface area (Å²) in [5.74, 6) is 0.160. The monoisotopic (exact) mass is 342 g/mol. The molecule has 0 aliphatic carbocycles. The van der Waals surface area contributed by atoms with E-state index in [2.05, 4.69) is 0 Å². The summed E-state index contributed by atoms with van der Waals surface area (Å²) < 4.78 is 5.11. The van der Waals surface area contributed by atoms with Crippen LogP contribution in [-0.4, -0.2) is 22.7 Å². The molecular formula is C17H14N2O6. The number of nitro benzene ring substituents is 2. The molecule has 0 saturated carbocycles. The number of allylic oxidation sites excluding steroid dienone is 1. The number of nitro groups is 2. The van der Waals surface area contributed by atoms with Crippen molar-refractivity contribution in [2.45, 2.75) is 6.92 Å². The Morgan fingerprint density at radius 1 is 1.08 bits per heavy atom. The molecule has 0 aromatic heterocycles. The van der Waals surface area contributed by atoms with Gasteiger partial charge in [-0.25, -0.2) is 0 Å². The Hall–Kier alpha value is -3.55. The number of methoxy groups -OCH3 is 1. The molecule has 0 aliphatic heterocycles.